The highest BCUT2D eigenvalue weighted by Gasteiger charge is 2.18. The van der Waals surface area contributed by atoms with E-state index in [2.05, 4.69) is 0 Å². The van der Waals surface area contributed by atoms with Gasteiger partial charge in [0.25, 0.3) is 0 Å². The molecule has 0 atom stereocenters. The minimum absolute atomic E-state index is 0.0112. The van der Waals surface area contributed by atoms with Gasteiger partial charge in [-0.1, -0.05) is 0 Å². The molecular weight excluding hydrogens is 292 g/mol. The third-order valence-electron chi connectivity index (χ3n) is 3.26. The van der Waals surface area contributed by atoms with Gasteiger partial charge < -0.3 is 14.6 Å². The van der Waals surface area contributed by atoms with Gasteiger partial charge in [0.2, 0.25) is 0 Å². The molecule has 0 aliphatic heterocycles. The number of fused-ring (bicyclic) bond motifs is 1. The number of Topliss-reactive ketones (excluding diaryl/α,β-unsaturated/α-hetero) is 1. The summed E-state index contributed by atoms with van der Waals surface area (Å²) >= 11 is 1.35. The maximum Gasteiger partial charge on any atom is 0.303 e. The van der Waals surface area contributed by atoms with E-state index in [4.69, 9.17) is 14.6 Å². The van der Waals surface area contributed by atoms with Crippen LogP contribution in [-0.2, 0) is 4.79 Å². The van der Waals surface area contributed by atoms with Crippen LogP contribution in [0.25, 0.3) is 10.1 Å². The van der Waals surface area contributed by atoms with Crippen LogP contribution < -0.4 is 9.47 Å². The van der Waals surface area contributed by atoms with Crippen LogP contribution in [0.1, 0.15) is 28.1 Å². The number of hydrogen-bond acceptors (Lipinski definition) is 5. The lowest BCUT2D eigenvalue weighted by Gasteiger charge is -2.07. The molecule has 21 heavy (non-hydrogen) atoms. The van der Waals surface area contributed by atoms with Gasteiger partial charge in [0, 0.05) is 22.6 Å². The summed E-state index contributed by atoms with van der Waals surface area (Å²) < 4.78 is 11.4. The zero-order chi connectivity index (χ0) is 15.6. The van der Waals surface area contributed by atoms with Gasteiger partial charge in [-0.25, -0.2) is 0 Å². The van der Waals surface area contributed by atoms with Crippen molar-refractivity contribution in [2.24, 2.45) is 0 Å². The molecule has 1 aromatic carbocycles. The van der Waals surface area contributed by atoms with Crippen LogP contribution in [0.2, 0.25) is 0 Å². The summed E-state index contributed by atoms with van der Waals surface area (Å²) in [6.07, 6.45) is -0.142. The third kappa shape index (κ3) is 3.00. The Balaban J connectivity index is 2.45. The highest BCUT2D eigenvalue weighted by molar-refractivity contribution is 7.21. The fourth-order valence-corrected chi connectivity index (χ4v) is 3.33. The van der Waals surface area contributed by atoms with Crippen molar-refractivity contribution in [1.29, 1.82) is 0 Å². The number of ketones is 1. The largest absolute Gasteiger partial charge is 0.493 e. The first kappa shape index (κ1) is 15.3. The molecule has 2 aromatic rings. The second-order valence-electron chi connectivity index (χ2n) is 4.58. The molecule has 0 aliphatic carbocycles. The minimum atomic E-state index is -0.967. The number of thiophene rings is 1. The van der Waals surface area contributed by atoms with E-state index in [0.717, 1.165) is 15.6 Å². The highest BCUT2D eigenvalue weighted by Crippen LogP contribution is 2.39. The van der Waals surface area contributed by atoms with E-state index in [1.807, 2.05) is 19.1 Å². The second kappa shape index (κ2) is 6.13. The molecule has 0 fully saturated rings. The molecule has 0 aliphatic rings. The Kier molecular flexibility index (Phi) is 4.47. The smallest absolute Gasteiger partial charge is 0.303 e. The van der Waals surface area contributed by atoms with E-state index in [9.17, 15) is 9.59 Å². The molecule has 0 amide bonds. The van der Waals surface area contributed by atoms with E-state index in [1.165, 1.54) is 11.3 Å². The molecule has 6 heteroatoms. The van der Waals surface area contributed by atoms with Gasteiger partial charge in [0.05, 0.1) is 25.5 Å². The summed E-state index contributed by atoms with van der Waals surface area (Å²) in [5.74, 6) is 0.103. The molecule has 0 saturated carbocycles. The molecule has 0 radical (unpaired) electrons. The molecule has 112 valence electrons. The normalized spacial score (nSPS) is 10.6. The van der Waals surface area contributed by atoms with Crippen molar-refractivity contribution in [2.45, 2.75) is 19.8 Å². The third-order valence-corrected chi connectivity index (χ3v) is 4.56. The van der Waals surface area contributed by atoms with E-state index < -0.39 is 5.97 Å². The average molecular weight is 308 g/mol. The van der Waals surface area contributed by atoms with Gasteiger partial charge in [0.15, 0.2) is 17.3 Å². The maximum absolute atomic E-state index is 12.1. The monoisotopic (exact) mass is 308 g/mol. The molecule has 5 nitrogen and oxygen atoms in total. The molecular formula is C15H16O5S. The number of carboxylic acids is 1. The zero-order valence-corrected chi connectivity index (χ0v) is 12.9. The Labute approximate surface area is 126 Å². The average Bonchev–Trinajstić information content (AvgIpc) is 2.79. The van der Waals surface area contributed by atoms with Crippen LogP contribution in [0, 0.1) is 6.92 Å². The first-order valence-corrected chi connectivity index (χ1v) is 7.19. The number of carbonyl (C=O) groups is 2. The predicted octanol–water partition coefficient (Wildman–Crippen LogP) is 3.27. The van der Waals surface area contributed by atoms with Crippen molar-refractivity contribution in [3.8, 4) is 11.5 Å². The predicted molar refractivity (Wildman–Crippen MR) is 80.9 cm³/mol. The molecule has 0 bridgehead atoms. The summed E-state index contributed by atoms with van der Waals surface area (Å²) in [4.78, 5) is 23.3. The lowest BCUT2D eigenvalue weighted by Crippen LogP contribution is -2.03. The van der Waals surface area contributed by atoms with Crippen molar-refractivity contribution < 1.29 is 24.2 Å². The summed E-state index contributed by atoms with van der Waals surface area (Å²) in [6, 6.07) is 3.67. The zero-order valence-electron chi connectivity index (χ0n) is 12.1. The van der Waals surface area contributed by atoms with Gasteiger partial charge in [-0.3, -0.25) is 9.59 Å². The van der Waals surface area contributed by atoms with Crippen molar-refractivity contribution in [2.75, 3.05) is 14.2 Å². The Bertz CT molecular complexity index is 702. The number of carbonyl (C=O) groups excluding carboxylic acids is 1. The lowest BCUT2D eigenvalue weighted by atomic mass is 10.1. The first-order chi connectivity index (χ1) is 9.97. The lowest BCUT2D eigenvalue weighted by molar-refractivity contribution is -0.136. The van der Waals surface area contributed by atoms with Gasteiger partial charge >= 0.3 is 5.97 Å². The van der Waals surface area contributed by atoms with Crippen LogP contribution in [0.4, 0.5) is 0 Å². The van der Waals surface area contributed by atoms with Crippen molar-refractivity contribution in [3.05, 3.63) is 22.6 Å². The van der Waals surface area contributed by atoms with Crippen LogP contribution >= 0.6 is 11.3 Å². The molecule has 1 heterocycles. The quantitative estimate of drug-likeness (QED) is 0.829. The van der Waals surface area contributed by atoms with Gasteiger partial charge in [-0.15, -0.1) is 11.3 Å². The molecule has 0 spiro atoms. The van der Waals surface area contributed by atoms with Crippen LogP contribution in [0.15, 0.2) is 12.1 Å². The van der Waals surface area contributed by atoms with Gasteiger partial charge in [-0.2, -0.15) is 0 Å². The molecule has 2 rings (SSSR count). The minimum Gasteiger partial charge on any atom is -0.493 e. The number of methoxy groups -OCH3 is 2. The van der Waals surface area contributed by atoms with Crippen LogP contribution in [-0.4, -0.2) is 31.1 Å². The summed E-state index contributed by atoms with van der Waals surface area (Å²) in [5.41, 5.74) is 0.853. The van der Waals surface area contributed by atoms with Crippen molar-refractivity contribution >= 4 is 33.2 Å². The van der Waals surface area contributed by atoms with E-state index >= 15 is 0 Å². The topological polar surface area (TPSA) is 72.8 Å². The Morgan fingerprint density at radius 2 is 1.76 bits per heavy atom. The highest BCUT2D eigenvalue weighted by atomic mass is 32.1. The Morgan fingerprint density at radius 1 is 1.14 bits per heavy atom. The fraction of sp³-hybridized carbons (Fsp3) is 0.333. The number of aliphatic carboxylic acids is 1. The van der Waals surface area contributed by atoms with Crippen LogP contribution in [0.5, 0.6) is 11.5 Å². The van der Waals surface area contributed by atoms with E-state index in [1.54, 1.807) is 14.2 Å². The Hall–Kier alpha value is -2.08. The molecule has 1 aromatic heterocycles. The number of benzene rings is 1. The molecule has 0 unspecified atom stereocenters. The van der Waals surface area contributed by atoms with Gasteiger partial charge in [0.1, 0.15) is 0 Å². The second-order valence-corrected chi connectivity index (χ2v) is 5.63. The number of aryl methyl sites for hydroxylation is 1. The van der Waals surface area contributed by atoms with Gasteiger partial charge in [-0.05, 0) is 18.6 Å². The SMILES string of the molecule is COc1cc2sc(C(=O)CCC(=O)O)c(C)c2cc1OC. The maximum atomic E-state index is 12.1. The van der Waals surface area contributed by atoms with E-state index in [-0.39, 0.29) is 18.6 Å². The summed E-state index contributed by atoms with van der Waals surface area (Å²) in [5, 5.41) is 9.60. The number of rotatable bonds is 6. The number of carboxylic acid groups (broad SMARTS) is 1. The molecule has 0 saturated heterocycles. The first-order valence-electron chi connectivity index (χ1n) is 6.38. The van der Waals surface area contributed by atoms with Crippen molar-refractivity contribution in [3.63, 3.8) is 0 Å². The van der Waals surface area contributed by atoms with Crippen molar-refractivity contribution in [1.82, 2.24) is 0 Å². The fourth-order valence-electron chi connectivity index (χ4n) is 2.15. The van der Waals surface area contributed by atoms with E-state index in [0.29, 0.717) is 16.4 Å². The number of ether oxygens (including phenoxy) is 2. The summed E-state index contributed by atoms with van der Waals surface area (Å²) in [6.45, 7) is 1.86. The summed E-state index contributed by atoms with van der Waals surface area (Å²) in [7, 11) is 3.12. The van der Waals surface area contributed by atoms with Crippen LogP contribution in [0.3, 0.4) is 0 Å². The number of hydrogen-bond donors (Lipinski definition) is 1. The standard InChI is InChI=1S/C15H16O5S/c1-8-9-6-11(19-2)12(20-3)7-13(9)21-15(8)10(16)4-5-14(17)18/h6-7H,4-5H2,1-3H3,(H,17,18). The Morgan fingerprint density at radius 3 is 2.33 bits per heavy atom. The molecule has 1 N–H and O–H groups in total.